The van der Waals surface area contributed by atoms with E-state index in [-0.39, 0.29) is 23.0 Å². The first kappa shape index (κ1) is 13.1. The number of rotatable bonds is 2. The van der Waals surface area contributed by atoms with Gasteiger partial charge in [0.1, 0.15) is 0 Å². The lowest BCUT2D eigenvalue weighted by molar-refractivity contribution is -0.133. The van der Waals surface area contributed by atoms with Gasteiger partial charge in [0.15, 0.2) is 5.78 Å². The molecule has 0 amide bonds. The maximum atomic E-state index is 11.6. The Morgan fingerprint density at radius 1 is 1.56 bits per heavy atom. The van der Waals surface area contributed by atoms with E-state index < -0.39 is 5.97 Å². The summed E-state index contributed by atoms with van der Waals surface area (Å²) >= 11 is 0. The average Bonchev–Trinajstić information content (AvgIpc) is 2.29. The molecule has 1 fully saturated rings. The van der Waals surface area contributed by atoms with Gasteiger partial charge in [-0.05, 0) is 42.6 Å². The second-order valence-corrected chi connectivity index (χ2v) is 5.93. The number of carbonyl (C=O) groups excluding carboxylic acids is 1. The lowest BCUT2D eigenvalue weighted by Crippen LogP contribution is -2.39. The number of fused-ring (bicyclic) bond motifs is 1. The Morgan fingerprint density at radius 2 is 2.22 bits per heavy atom. The standard InChI is InChI=1S/C15H20O3/c1-9-6-13(16)7-12-5-4-11(8-15(9,12)3)10(2)14(17)18/h7,9,11H,2,4-6,8H2,1,3H3,(H,17,18)/t9-,11-,15+/m0/s1. The van der Waals surface area contributed by atoms with Gasteiger partial charge in [-0.15, -0.1) is 0 Å². The number of allylic oxidation sites excluding steroid dienone is 2. The van der Waals surface area contributed by atoms with E-state index in [0.717, 1.165) is 19.3 Å². The highest BCUT2D eigenvalue weighted by atomic mass is 16.4. The Bertz CT molecular complexity index is 447. The second-order valence-electron chi connectivity index (χ2n) is 5.93. The van der Waals surface area contributed by atoms with Gasteiger partial charge in [-0.1, -0.05) is 26.0 Å². The first-order chi connectivity index (χ1) is 8.34. The highest BCUT2D eigenvalue weighted by molar-refractivity contribution is 5.92. The van der Waals surface area contributed by atoms with E-state index in [4.69, 9.17) is 5.11 Å². The zero-order valence-electron chi connectivity index (χ0n) is 11.0. The largest absolute Gasteiger partial charge is 0.478 e. The molecular weight excluding hydrogens is 228 g/mol. The molecule has 0 aromatic rings. The van der Waals surface area contributed by atoms with Crippen LogP contribution in [0.5, 0.6) is 0 Å². The van der Waals surface area contributed by atoms with Crippen LogP contribution < -0.4 is 0 Å². The summed E-state index contributed by atoms with van der Waals surface area (Å²) in [6.45, 7) is 7.96. The minimum atomic E-state index is -0.893. The van der Waals surface area contributed by atoms with E-state index >= 15 is 0 Å². The van der Waals surface area contributed by atoms with Crippen molar-refractivity contribution in [1.29, 1.82) is 0 Å². The number of hydrogen-bond acceptors (Lipinski definition) is 2. The van der Waals surface area contributed by atoms with Crippen molar-refractivity contribution in [3.8, 4) is 0 Å². The van der Waals surface area contributed by atoms with Crippen molar-refractivity contribution in [2.75, 3.05) is 0 Å². The maximum Gasteiger partial charge on any atom is 0.331 e. The van der Waals surface area contributed by atoms with E-state index in [1.54, 1.807) is 6.08 Å². The fraction of sp³-hybridized carbons (Fsp3) is 0.600. The fourth-order valence-corrected chi connectivity index (χ4v) is 3.37. The molecule has 0 aromatic carbocycles. The lowest BCUT2D eigenvalue weighted by Gasteiger charge is -2.46. The number of carbonyl (C=O) groups is 2. The van der Waals surface area contributed by atoms with Crippen LogP contribution in [0.4, 0.5) is 0 Å². The molecule has 2 aliphatic rings. The first-order valence-electron chi connectivity index (χ1n) is 6.50. The number of aliphatic carboxylic acids is 1. The minimum Gasteiger partial charge on any atom is -0.478 e. The van der Waals surface area contributed by atoms with Gasteiger partial charge in [0.25, 0.3) is 0 Å². The molecule has 98 valence electrons. The third-order valence-electron chi connectivity index (χ3n) is 4.86. The molecule has 1 N–H and O–H groups in total. The van der Waals surface area contributed by atoms with E-state index in [2.05, 4.69) is 20.4 Å². The summed E-state index contributed by atoms with van der Waals surface area (Å²) in [7, 11) is 0. The van der Waals surface area contributed by atoms with Crippen LogP contribution in [0.25, 0.3) is 0 Å². The van der Waals surface area contributed by atoms with Gasteiger partial charge < -0.3 is 5.11 Å². The van der Waals surface area contributed by atoms with Crippen LogP contribution in [0.2, 0.25) is 0 Å². The highest BCUT2D eigenvalue weighted by Gasteiger charge is 2.44. The quantitative estimate of drug-likeness (QED) is 0.764. The molecule has 1 saturated carbocycles. The van der Waals surface area contributed by atoms with Crippen LogP contribution in [-0.2, 0) is 9.59 Å². The molecule has 0 heterocycles. The third kappa shape index (κ3) is 2.02. The first-order valence-corrected chi connectivity index (χ1v) is 6.50. The Balaban J connectivity index is 2.26. The van der Waals surface area contributed by atoms with E-state index in [1.807, 2.05) is 0 Å². The monoisotopic (exact) mass is 248 g/mol. The summed E-state index contributed by atoms with van der Waals surface area (Å²) in [6, 6.07) is 0. The molecule has 3 atom stereocenters. The molecule has 0 bridgehead atoms. The Morgan fingerprint density at radius 3 is 2.83 bits per heavy atom. The SMILES string of the molecule is C=C(C(=O)O)[C@H]1CCC2=CC(=O)C[C@H](C)[C@@]2(C)C1. The number of carboxylic acids is 1. The van der Waals surface area contributed by atoms with Crippen LogP contribution in [0.1, 0.15) is 39.5 Å². The van der Waals surface area contributed by atoms with E-state index in [9.17, 15) is 9.59 Å². The zero-order valence-corrected chi connectivity index (χ0v) is 11.0. The third-order valence-corrected chi connectivity index (χ3v) is 4.86. The molecule has 18 heavy (non-hydrogen) atoms. The zero-order chi connectivity index (χ0) is 13.5. The van der Waals surface area contributed by atoms with Gasteiger partial charge >= 0.3 is 5.97 Å². The fourth-order valence-electron chi connectivity index (χ4n) is 3.37. The molecule has 0 unspecified atom stereocenters. The van der Waals surface area contributed by atoms with Crippen molar-refractivity contribution in [2.45, 2.75) is 39.5 Å². The van der Waals surface area contributed by atoms with E-state index in [1.165, 1.54) is 5.57 Å². The van der Waals surface area contributed by atoms with Crippen molar-refractivity contribution in [3.05, 3.63) is 23.8 Å². The number of hydrogen-bond donors (Lipinski definition) is 1. The molecule has 0 saturated heterocycles. The van der Waals surface area contributed by atoms with Crippen molar-refractivity contribution in [3.63, 3.8) is 0 Å². The molecule has 2 rings (SSSR count). The molecule has 3 nitrogen and oxygen atoms in total. The van der Waals surface area contributed by atoms with Crippen LogP contribution in [0.3, 0.4) is 0 Å². The summed E-state index contributed by atoms with van der Waals surface area (Å²) in [5, 5.41) is 9.05. The van der Waals surface area contributed by atoms with Crippen LogP contribution in [-0.4, -0.2) is 16.9 Å². The molecule has 0 aromatic heterocycles. The maximum absolute atomic E-state index is 11.6. The minimum absolute atomic E-state index is 0.0325. The topological polar surface area (TPSA) is 54.4 Å². The predicted octanol–water partition coefficient (Wildman–Crippen LogP) is 2.97. The molecule has 0 spiro atoms. The molecule has 0 aliphatic heterocycles. The summed E-state index contributed by atoms with van der Waals surface area (Å²) in [5.74, 6) is -0.351. The van der Waals surface area contributed by atoms with Gasteiger partial charge in [0.05, 0.1) is 0 Å². The highest BCUT2D eigenvalue weighted by Crippen LogP contribution is 2.52. The van der Waals surface area contributed by atoms with Gasteiger partial charge in [-0.25, -0.2) is 4.79 Å². The summed E-state index contributed by atoms with van der Waals surface area (Å²) < 4.78 is 0. The van der Waals surface area contributed by atoms with Crippen LogP contribution in [0.15, 0.2) is 23.8 Å². The molecule has 0 radical (unpaired) electrons. The van der Waals surface area contributed by atoms with Gasteiger partial charge in [-0.2, -0.15) is 0 Å². The van der Waals surface area contributed by atoms with Crippen LogP contribution >= 0.6 is 0 Å². The predicted molar refractivity (Wildman–Crippen MR) is 69.1 cm³/mol. The molecule has 3 heteroatoms. The van der Waals surface area contributed by atoms with Gasteiger partial charge in [-0.3, -0.25) is 4.79 Å². The van der Waals surface area contributed by atoms with Crippen LogP contribution in [0, 0.1) is 17.3 Å². The Labute approximate surface area is 108 Å². The van der Waals surface area contributed by atoms with Gasteiger partial charge in [0.2, 0.25) is 0 Å². The smallest absolute Gasteiger partial charge is 0.331 e. The number of ketones is 1. The van der Waals surface area contributed by atoms with Crippen molar-refractivity contribution in [1.82, 2.24) is 0 Å². The number of carboxylic acid groups (broad SMARTS) is 1. The molecular formula is C15H20O3. The lowest BCUT2D eigenvalue weighted by atomic mass is 9.57. The normalized spacial score (nSPS) is 35.7. The summed E-state index contributed by atoms with van der Waals surface area (Å²) in [5.41, 5.74) is 1.50. The Hall–Kier alpha value is -1.38. The van der Waals surface area contributed by atoms with Crippen molar-refractivity contribution in [2.24, 2.45) is 17.3 Å². The van der Waals surface area contributed by atoms with Crippen molar-refractivity contribution >= 4 is 11.8 Å². The summed E-state index contributed by atoms with van der Waals surface area (Å²) in [4.78, 5) is 22.6. The average molecular weight is 248 g/mol. The van der Waals surface area contributed by atoms with E-state index in [0.29, 0.717) is 12.0 Å². The molecule has 2 aliphatic carbocycles. The van der Waals surface area contributed by atoms with Gasteiger partial charge in [0, 0.05) is 12.0 Å². The second kappa shape index (κ2) is 4.38. The summed E-state index contributed by atoms with van der Waals surface area (Å²) in [6.07, 6.45) is 4.79. The van der Waals surface area contributed by atoms with Crippen molar-refractivity contribution < 1.29 is 14.7 Å². The Kier molecular flexibility index (Phi) is 3.18.